The van der Waals surface area contributed by atoms with Crippen LogP contribution in [0.25, 0.3) is 5.57 Å². The van der Waals surface area contributed by atoms with Gasteiger partial charge < -0.3 is 5.11 Å². The summed E-state index contributed by atoms with van der Waals surface area (Å²) in [7, 11) is 0. The van der Waals surface area contributed by atoms with Crippen molar-refractivity contribution in [3.05, 3.63) is 39.6 Å². The van der Waals surface area contributed by atoms with Gasteiger partial charge in [-0.05, 0) is 47.4 Å². The van der Waals surface area contributed by atoms with Gasteiger partial charge in [-0.15, -0.1) is 0 Å². The maximum absolute atomic E-state index is 14.4. The summed E-state index contributed by atoms with van der Waals surface area (Å²) in [6.07, 6.45) is 1.90. The van der Waals surface area contributed by atoms with Gasteiger partial charge in [0.2, 0.25) is 0 Å². The number of rotatable bonds is 4. The predicted octanol–water partition coefficient (Wildman–Crippen LogP) is 5.47. The SMILES string of the molecule is CC(=CC1C(C(=O)O)C1(C)C)c1cc(Br)c(C(C)C)cc1F. The third kappa shape index (κ3) is 2.98. The van der Waals surface area contributed by atoms with Gasteiger partial charge >= 0.3 is 5.97 Å². The Morgan fingerprint density at radius 3 is 2.45 bits per heavy atom. The van der Waals surface area contributed by atoms with Crippen molar-refractivity contribution >= 4 is 27.5 Å². The van der Waals surface area contributed by atoms with Crippen LogP contribution in [0.3, 0.4) is 0 Å². The van der Waals surface area contributed by atoms with E-state index in [1.54, 1.807) is 12.1 Å². The Labute approximate surface area is 139 Å². The summed E-state index contributed by atoms with van der Waals surface area (Å²) in [6, 6.07) is 3.36. The molecule has 0 aromatic heterocycles. The van der Waals surface area contributed by atoms with Crippen LogP contribution in [-0.2, 0) is 4.79 Å². The van der Waals surface area contributed by atoms with E-state index in [0.717, 1.165) is 15.6 Å². The van der Waals surface area contributed by atoms with E-state index in [4.69, 9.17) is 0 Å². The number of carboxylic acids is 1. The molecule has 0 aliphatic heterocycles. The van der Waals surface area contributed by atoms with E-state index in [0.29, 0.717) is 5.56 Å². The number of carboxylic acid groups (broad SMARTS) is 1. The number of allylic oxidation sites excluding steroid dienone is 2. The lowest BCUT2D eigenvalue weighted by atomic mass is 9.97. The Morgan fingerprint density at radius 1 is 1.41 bits per heavy atom. The molecule has 0 radical (unpaired) electrons. The summed E-state index contributed by atoms with van der Waals surface area (Å²) in [5, 5.41) is 9.23. The van der Waals surface area contributed by atoms with Crippen molar-refractivity contribution in [3.8, 4) is 0 Å². The van der Waals surface area contributed by atoms with Gasteiger partial charge in [0.25, 0.3) is 0 Å². The van der Waals surface area contributed by atoms with E-state index in [9.17, 15) is 14.3 Å². The van der Waals surface area contributed by atoms with E-state index in [2.05, 4.69) is 15.9 Å². The minimum Gasteiger partial charge on any atom is -0.481 e. The normalized spacial score (nSPS) is 23.7. The second-order valence-corrected chi connectivity index (χ2v) is 7.88. The quantitative estimate of drug-likeness (QED) is 0.764. The van der Waals surface area contributed by atoms with Crippen LogP contribution >= 0.6 is 15.9 Å². The molecule has 1 N–H and O–H groups in total. The fraction of sp³-hybridized carbons (Fsp3) is 0.500. The molecule has 1 aromatic rings. The fourth-order valence-corrected chi connectivity index (χ4v) is 3.93. The monoisotopic (exact) mass is 368 g/mol. The van der Waals surface area contributed by atoms with Crippen LogP contribution in [0, 0.1) is 23.1 Å². The van der Waals surface area contributed by atoms with E-state index < -0.39 is 5.97 Å². The molecule has 1 saturated carbocycles. The summed E-state index contributed by atoms with van der Waals surface area (Å²) in [6.45, 7) is 9.76. The van der Waals surface area contributed by atoms with Crippen LogP contribution in [0.5, 0.6) is 0 Å². The van der Waals surface area contributed by atoms with Crippen molar-refractivity contribution < 1.29 is 14.3 Å². The molecule has 1 aliphatic rings. The van der Waals surface area contributed by atoms with Gasteiger partial charge in [0.1, 0.15) is 5.82 Å². The average molecular weight is 369 g/mol. The first-order chi connectivity index (χ1) is 10.1. The second-order valence-electron chi connectivity index (χ2n) is 7.02. The Morgan fingerprint density at radius 2 is 2.00 bits per heavy atom. The van der Waals surface area contributed by atoms with Gasteiger partial charge in [-0.25, -0.2) is 4.39 Å². The first kappa shape index (κ1) is 17.2. The molecular formula is C18H22BrFO2. The Kier molecular flexibility index (Phi) is 4.54. The highest BCUT2D eigenvalue weighted by Crippen LogP contribution is 2.59. The van der Waals surface area contributed by atoms with Gasteiger partial charge in [0.15, 0.2) is 0 Å². The maximum Gasteiger partial charge on any atom is 0.307 e. The zero-order chi connectivity index (χ0) is 16.8. The molecule has 2 unspecified atom stereocenters. The molecular weight excluding hydrogens is 347 g/mol. The van der Waals surface area contributed by atoms with Gasteiger partial charge in [-0.3, -0.25) is 4.79 Å². The molecule has 1 aromatic carbocycles. The standard InChI is InChI=1S/C18H22BrFO2/c1-9(2)11-8-15(20)12(7-14(11)19)10(3)6-13-16(17(21)22)18(13,4)5/h6-9,13,16H,1-5H3,(H,21,22). The third-order valence-corrected chi connectivity index (χ3v) is 5.43. The number of benzene rings is 1. The van der Waals surface area contributed by atoms with Crippen LogP contribution in [0.1, 0.15) is 51.7 Å². The Balaban J connectivity index is 2.35. The number of halogens is 2. The molecule has 2 nitrogen and oxygen atoms in total. The zero-order valence-electron chi connectivity index (χ0n) is 13.6. The first-order valence-electron chi connectivity index (χ1n) is 7.48. The lowest BCUT2D eigenvalue weighted by Crippen LogP contribution is -2.03. The highest BCUT2D eigenvalue weighted by atomic mass is 79.9. The summed E-state index contributed by atoms with van der Waals surface area (Å²) >= 11 is 3.50. The van der Waals surface area contributed by atoms with Crippen LogP contribution < -0.4 is 0 Å². The Hall–Kier alpha value is -1.16. The highest BCUT2D eigenvalue weighted by Gasteiger charge is 2.60. The second kappa shape index (κ2) is 5.80. The van der Waals surface area contributed by atoms with Gasteiger partial charge in [0.05, 0.1) is 5.92 Å². The molecule has 2 atom stereocenters. The largest absolute Gasteiger partial charge is 0.481 e. The predicted molar refractivity (Wildman–Crippen MR) is 90.2 cm³/mol. The zero-order valence-corrected chi connectivity index (χ0v) is 15.2. The molecule has 4 heteroatoms. The highest BCUT2D eigenvalue weighted by molar-refractivity contribution is 9.10. The molecule has 1 aliphatic carbocycles. The van der Waals surface area contributed by atoms with E-state index >= 15 is 0 Å². The molecule has 120 valence electrons. The summed E-state index contributed by atoms with van der Waals surface area (Å²) in [4.78, 5) is 11.2. The van der Waals surface area contributed by atoms with Gasteiger partial charge in [-0.2, -0.15) is 0 Å². The number of hydrogen-bond acceptors (Lipinski definition) is 1. The minimum atomic E-state index is -0.782. The number of hydrogen-bond donors (Lipinski definition) is 1. The molecule has 22 heavy (non-hydrogen) atoms. The van der Waals surface area contributed by atoms with Crippen molar-refractivity contribution in [2.45, 2.75) is 40.5 Å². The molecule has 0 heterocycles. The van der Waals surface area contributed by atoms with E-state index in [-0.39, 0.29) is 29.0 Å². The lowest BCUT2D eigenvalue weighted by molar-refractivity contribution is -0.139. The summed E-state index contributed by atoms with van der Waals surface area (Å²) in [5.41, 5.74) is 1.99. The fourth-order valence-electron chi connectivity index (χ4n) is 3.13. The van der Waals surface area contributed by atoms with E-state index in [1.807, 2.05) is 40.7 Å². The third-order valence-electron chi connectivity index (χ3n) is 4.74. The molecule has 0 spiro atoms. The number of aliphatic carboxylic acids is 1. The molecule has 0 bridgehead atoms. The van der Waals surface area contributed by atoms with Crippen molar-refractivity contribution in [2.75, 3.05) is 0 Å². The first-order valence-corrected chi connectivity index (χ1v) is 8.27. The lowest BCUT2D eigenvalue weighted by Gasteiger charge is -2.12. The van der Waals surface area contributed by atoms with Crippen LogP contribution in [0.15, 0.2) is 22.7 Å². The summed E-state index contributed by atoms with van der Waals surface area (Å²) < 4.78 is 15.3. The minimum absolute atomic E-state index is 0.0482. The number of carbonyl (C=O) groups is 1. The van der Waals surface area contributed by atoms with Gasteiger partial charge in [-0.1, -0.05) is 49.7 Å². The van der Waals surface area contributed by atoms with Crippen LogP contribution in [0.4, 0.5) is 4.39 Å². The van der Waals surface area contributed by atoms with Crippen molar-refractivity contribution in [1.82, 2.24) is 0 Å². The molecule has 2 rings (SSSR count). The topological polar surface area (TPSA) is 37.3 Å². The van der Waals surface area contributed by atoms with Crippen molar-refractivity contribution in [3.63, 3.8) is 0 Å². The smallest absolute Gasteiger partial charge is 0.307 e. The van der Waals surface area contributed by atoms with Gasteiger partial charge in [0, 0.05) is 10.0 Å². The summed E-state index contributed by atoms with van der Waals surface area (Å²) in [5.74, 6) is -1.24. The van der Waals surface area contributed by atoms with E-state index in [1.165, 1.54) is 0 Å². The Bertz CT molecular complexity index is 647. The average Bonchev–Trinajstić information content (AvgIpc) is 2.92. The molecule has 0 amide bonds. The molecule has 1 fully saturated rings. The van der Waals surface area contributed by atoms with Crippen LogP contribution in [-0.4, -0.2) is 11.1 Å². The van der Waals surface area contributed by atoms with Crippen LogP contribution in [0.2, 0.25) is 0 Å². The molecule has 0 saturated heterocycles. The van der Waals surface area contributed by atoms with Crippen molar-refractivity contribution in [1.29, 1.82) is 0 Å². The maximum atomic E-state index is 14.4. The van der Waals surface area contributed by atoms with Crippen molar-refractivity contribution in [2.24, 2.45) is 17.3 Å².